The number of hydrogen-bond donors (Lipinski definition) is 1. The van der Waals surface area contributed by atoms with Crippen LogP contribution in [-0.2, 0) is 22.6 Å². The molecule has 3 rings (SSSR count). The molecule has 0 fully saturated rings. The summed E-state index contributed by atoms with van der Waals surface area (Å²) in [5, 5.41) is 4.03. The van der Waals surface area contributed by atoms with Crippen LogP contribution in [0.1, 0.15) is 17.1 Å². The number of hydrogen-bond acceptors (Lipinski definition) is 5. The highest BCUT2D eigenvalue weighted by Crippen LogP contribution is 2.31. The van der Waals surface area contributed by atoms with Crippen LogP contribution in [-0.4, -0.2) is 34.6 Å². The van der Waals surface area contributed by atoms with Gasteiger partial charge in [-0.05, 0) is 25.1 Å². The summed E-state index contributed by atoms with van der Waals surface area (Å²) in [5.74, 6) is -0.334. The number of aryl methyl sites for hydroxylation is 1. The van der Waals surface area contributed by atoms with Crippen LogP contribution in [0.5, 0.6) is 0 Å². The van der Waals surface area contributed by atoms with E-state index in [0.717, 1.165) is 18.0 Å². The Hall–Kier alpha value is -2.95. The normalized spacial score (nSPS) is 12.2. The first-order valence-corrected chi connectivity index (χ1v) is 9.86. The van der Waals surface area contributed by atoms with E-state index >= 15 is 0 Å². The fraction of sp³-hybridized carbons (Fsp3) is 0.235. The van der Waals surface area contributed by atoms with Crippen LogP contribution in [0.3, 0.4) is 0 Å². The third kappa shape index (κ3) is 4.47. The summed E-state index contributed by atoms with van der Waals surface area (Å²) in [7, 11) is -3.42. The van der Waals surface area contributed by atoms with Crippen molar-refractivity contribution < 1.29 is 21.6 Å². The van der Waals surface area contributed by atoms with Gasteiger partial charge in [-0.3, -0.25) is 0 Å². The number of aromatic nitrogens is 4. The van der Waals surface area contributed by atoms with Gasteiger partial charge in [0, 0.05) is 17.5 Å². The first kappa shape index (κ1) is 19.8. The highest BCUT2D eigenvalue weighted by molar-refractivity contribution is 7.90. The molecule has 1 radical (unpaired) electrons. The average molecular weight is 410 g/mol. The van der Waals surface area contributed by atoms with Crippen molar-refractivity contribution in [3.63, 3.8) is 0 Å². The summed E-state index contributed by atoms with van der Waals surface area (Å²) >= 11 is 0. The van der Waals surface area contributed by atoms with Crippen LogP contribution in [0.2, 0.25) is 0 Å². The van der Waals surface area contributed by atoms with Gasteiger partial charge in [-0.2, -0.15) is 13.2 Å². The van der Waals surface area contributed by atoms with Crippen LogP contribution in [0.25, 0.3) is 11.3 Å². The molecule has 0 spiro atoms. The fourth-order valence-corrected chi connectivity index (χ4v) is 2.99. The first-order chi connectivity index (χ1) is 13.0. The lowest BCUT2D eigenvalue weighted by Crippen LogP contribution is -2.12. The van der Waals surface area contributed by atoms with E-state index in [1.165, 1.54) is 30.6 Å². The van der Waals surface area contributed by atoms with E-state index in [2.05, 4.69) is 25.3 Å². The minimum Gasteiger partial charge on any atom is -0.348 e. The van der Waals surface area contributed by atoms with Gasteiger partial charge in [0.25, 0.3) is 0 Å². The van der Waals surface area contributed by atoms with E-state index in [1.807, 2.05) is 0 Å². The zero-order chi connectivity index (χ0) is 20.5. The van der Waals surface area contributed by atoms with Crippen LogP contribution in [0, 0.1) is 6.92 Å². The predicted molar refractivity (Wildman–Crippen MR) is 94.4 cm³/mol. The molecule has 1 N–H and O–H groups in total. The molecule has 0 atom stereocenters. The number of imidazole rings is 1. The number of aromatic amines is 1. The molecule has 0 aliphatic heterocycles. The highest BCUT2D eigenvalue weighted by atomic mass is 32.2. The number of nitrogens with one attached hydrogen (secondary N) is 1. The third-order valence-electron chi connectivity index (χ3n) is 3.89. The van der Waals surface area contributed by atoms with E-state index in [4.69, 9.17) is 0 Å². The molecule has 11 heteroatoms. The number of benzene rings is 1. The number of rotatable bonds is 5. The average Bonchev–Trinajstić information content (AvgIpc) is 3.03. The highest BCUT2D eigenvalue weighted by Gasteiger charge is 2.34. The Morgan fingerprint density at radius 2 is 1.82 bits per heavy atom. The zero-order valence-corrected chi connectivity index (χ0v) is 15.6. The van der Waals surface area contributed by atoms with E-state index in [-0.39, 0.29) is 23.1 Å². The van der Waals surface area contributed by atoms with Gasteiger partial charge in [-0.1, -0.05) is 12.1 Å². The van der Waals surface area contributed by atoms with E-state index in [1.54, 1.807) is 6.92 Å². The molecule has 2 aromatic heterocycles. The first-order valence-electron chi connectivity index (χ1n) is 7.97. The smallest absolute Gasteiger partial charge is 0.348 e. The molecule has 2 heterocycles. The van der Waals surface area contributed by atoms with Gasteiger partial charge < -0.3 is 4.98 Å². The van der Waals surface area contributed by atoms with Crippen molar-refractivity contribution in [2.45, 2.75) is 24.5 Å². The number of H-pyrrole nitrogens is 1. The Bertz CT molecular complexity index is 1090. The van der Waals surface area contributed by atoms with E-state index in [9.17, 15) is 21.6 Å². The van der Waals surface area contributed by atoms with Crippen LogP contribution >= 0.6 is 0 Å². The van der Waals surface area contributed by atoms with Gasteiger partial charge in [-0.15, -0.1) is 0 Å². The Kier molecular flexibility index (Phi) is 5.11. The number of sulfone groups is 1. The zero-order valence-electron chi connectivity index (χ0n) is 14.8. The molecule has 28 heavy (non-hydrogen) atoms. The minimum absolute atomic E-state index is 0.0140. The van der Waals surface area contributed by atoms with Crippen molar-refractivity contribution in [1.82, 2.24) is 25.3 Å². The molecule has 0 bridgehead atoms. The maximum Gasteiger partial charge on any atom is 0.433 e. The second-order valence-electron chi connectivity index (χ2n) is 6.02. The summed E-state index contributed by atoms with van der Waals surface area (Å²) in [4.78, 5) is 14.5. The molecule has 0 aliphatic carbocycles. The Morgan fingerprint density at radius 1 is 1.14 bits per heavy atom. The minimum atomic E-state index is -4.68. The second kappa shape index (κ2) is 7.23. The standard InChI is InChI=1S/C17H15F3N5O2S/c1-10-14(23-9-22-10)8-21-16-24-13(7-15(25-16)17(18,19)20)11-3-5-12(6-4-11)28(2,26)27/h3-7,9H,8H2,1-2H3,(H,22,23). The number of halogens is 3. The summed E-state index contributed by atoms with van der Waals surface area (Å²) in [5.41, 5.74) is 0.474. The van der Waals surface area contributed by atoms with Crippen molar-refractivity contribution in [2.24, 2.45) is 0 Å². The SMILES string of the molecule is Cc1[nH]cnc1C[N]c1nc(-c2ccc(S(C)(=O)=O)cc2)cc(C(F)(F)F)n1. The largest absolute Gasteiger partial charge is 0.433 e. The molecular weight excluding hydrogens is 395 g/mol. The van der Waals surface area contributed by atoms with Crippen molar-refractivity contribution in [2.75, 3.05) is 6.26 Å². The summed E-state index contributed by atoms with van der Waals surface area (Å²) in [6.45, 7) is 1.78. The number of alkyl halides is 3. The molecule has 1 aromatic carbocycles. The molecular formula is C17H15F3N5O2S. The van der Waals surface area contributed by atoms with Crippen LogP contribution in [0.4, 0.5) is 19.1 Å². The quantitative estimate of drug-likeness (QED) is 0.697. The van der Waals surface area contributed by atoms with Crippen LogP contribution in [0.15, 0.2) is 41.6 Å². The maximum atomic E-state index is 13.2. The van der Waals surface area contributed by atoms with Gasteiger partial charge in [-0.25, -0.2) is 28.7 Å². The van der Waals surface area contributed by atoms with Crippen molar-refractivity contribution in [1.29, 1.82) is 0 Å². The lowest BCUT2D eigenvalue weighted by Gasteiger charge is -2.11. The molecule has 3 aromatic rings. The fourth-order valence-electron chi connectivity index (χ4n) is 2.36. The summed E-state index contributed by atoms with van der Waals surface area (Å²) in [6, 6.07) is 6.20. The second-order valence-corrected chi connectivity index (χ2v) is 8.04. The number of nitrogens with zero attached hydrogens (tertiary/aromatic N) is 4. The molecule has 0 amide bonds. The maximum absolute atomic E-state index is 13.2. The molecule has 147 valence electrons. The topological polar surface area (TPSA) is 103 Å². The van der Waals surface area contributed by atoms with E-state index < -0.39 is 21.7 Å². The third-order valence-corrected chi connectivity index (χ3v) is 5.02. The summed E-state index contributed by atoms with van der Waals surface area (Å²) in [6.07, 6.45) is -2.18. The van der Waals surface area contributed by atoms with E-state index in [0.29, 0.717) is 11.3 Å². The predicted octanol–water partition coefficient (Wildman–Crippen LogP) is 3.03. The molecule has 0 unspecified atom stereocenters. The Balaban J connectivity index is 1.97. The van der Waals surface area contributed by atoms with Gasteiger partial charge in [0.1, 0.15) is 0 Å². The van der Waals surface area contributed by atoms with Gasteiger partial charge in [0.15, 0.2) is 15.5 Å². The van der Waals surface area contributed by atoms with Crippen molar-refractivity contribution in [3.8, 4) is 11.3 Å². The van der Waals surface area contributed by atoms with Crippen LogP contribution < -0.4 is 5.32 Å². The Labute approximate surface area is 159 Å². The van der Waals surface area contributed by atoms with Gasteiger partial charge >= 0.3 is 6.18 Å². The van der Waals surface area contributed by atoms with Crippen molar-refractivity contribution >= 4 is 15.8 Å². The monoisotopic (exact) mass is 410 g/mol. The van der Waals surface area contributed by atoms with Gasteiger partial charge in [0.2, 0.25) is 5.95 Å². The Morgan fingerprint density at radius 3 is 2.36 bits per heavy atom. The molecule has 7 nitrogen and oxygen atoms in total. The molecule has 0 saturated heterocycles. The lowest BCUT2D eigenvalue weighted by atomic mass is 10.1. The lowest BCUT2D eigenvalue weighted by molar-refractivity contribution is -0.141. The molecule has 0 aliphatic rings. The molecule has 0 saturated carbocycles. The van der Waals surface area contributed by atoms with Crippen molar-refractivity contribution in [3.05, 3.63) is 53.7 Å². The summed E-state index contributed by atoms with van der Waals surface area (Å²) < 4.78 is 62.8. The van der Waals surface area contributed by atoms with Gasteiger partial charge in [0.05, 0.1) is 29.2 Å².